The molecule has 0 radical (unpaired) electrons. The Bertz CT molecular complexity index is 950. The highest BCUT2D eigenvalue weighted by molar-refractivity contribution is 6.33. The standard InChI is InChI=1S/C17H11Cl2F2N3O/c1-8-14(9-3-4-13(18)22-7-9)16(17(19)24-23-8)15-11(21)5-10(20)6-12(15)25-2/h3-7H,1-2H3. The molecule has 0 aliphatic carbocycles. The number of aryl methyl sites for hydroxylation is 1. The van der Waals surface area contributed by atoms with Crippen molar-refractivity contribution in [2.24, 2.45) is 0 Å². The van der Waals surface area contributed by atoms with E-state index in [4.69, 9.17) is 27.9 Å². The molecule has 128 valence electrons. The monoisotopic (exact) mass is 381 g/mol. The number of benzene rings is 1. The first-order valence-electron chi connectivity index (χ1n) is 7.10. The van der Waals surface area contributed by atoms with Gasteiger partial charge in [0.05, 0.1) is 18.4 Å². The fourth-order valence-corrected chi connectivity index (χ4v) is 2.90. The highest BCUT2D eigenvalue weighted by atomic mass is 35.5. The number of pyridine rings is 1. The second-order valence-corrected chi connectivity index (χ2v) is 5.91. The normalized spacial score (nSPS) is 10.8. The average Bonchev–Trinajstić information content (AvgIpc) is 2.58. The summed E-state index contributed by atoms with van der Waals surface area (Å²) in [5.41, 5.74) is 1.85. The van der Waals surface area contributed by atoms with E-state index in [-0.39, 0.29) is 22.0 Å². The van der Waals surface area contributed by atoms with Crippen molar-refractivity contribution in [3.05, 3.63) is 58.1 Å². The highest BCUT2D eigenvalue weighted by Gasteiger charge is 2.24. The Kier molecular flexibility index (Phi) is 4.83. The molecule has 0 atom stereocenters. The maximum Gasteiger partial charge on any atom is 0.160 e. The highest BCUT2D eigenvalue weighted by Crippen LogP contribution is 2.43. The van der Waals surface area contributed by atoms with Gasteiger partial charge in [-0.15, -0.1) is 5.10 Å². The molecule has 0 aliphatic rings. The third-order valence-electron chi connectivity index (χ3n) is 3.61. The lowest BCUT2D eigenvalue weighted by Gasteiger charge is -2.16. The lowest BCUT2D eigenvalue weighted by Crippen LogP contribution is -2.01. The van der Waals surface area contributed by atoms with Crippen LogP contribution in [-0.4, -0.2) is 22.3 Å². The van der Waals surface area contributed by atoms with Crippen LogP contribution >= 0.6 is 23.2 Å². The summed E-state index contributed by atoms with van der Waals surface area (Å²) in [6.07, 6.45) is 1.51. The second kappa shape index (κ2) is 6.90. The maximum atomic E-state index is 14.6. The number of hydrogen-bond donors (Lipinski definition) is 0. The quantitative estimate of drug-likeness (QED) is 0.591. The molecule has 0 saturated heterocycles. The van der Waals surface area contributed by atoms with Crippen LogP contribution in [0.2, 0.25) is 10.3 Å². The molecule has 1 aromatic carbocycles. The van der Waals surface area contributed by atoms with Gasteiger partial charge >= 0.3 is 0 Å². The lowest BCUT2D eigenvalue weighted by molar-refractivity contribution is 0.409. The van der Waals surface area contributed by atoms with Gasteiger partial charge in [0, 0.05) is 35.0 Å². The number of aromatic nitrogens is 3. The van der Waals surface area contributed by atoms with E-state index < -0.39 is 11.6 Å². The minimum absolute atomic E-state index is 0.00292. The van der Waals surface area contributed by atoms with Gasteiger partial charge in [-0.1, -0.05) is 23.2 Å². The van der Waals surface area contributed by atoms with Crippen molar-refractivity contribution in [3.63, 3.8) is 0 Å². The fraction of sp³-hybridized carbons (Fsp3) is 0.118. The van der Waals surface area contributed by atoms with Crippen LogP contribution in [0.3, 0.4) is 0 Å². The van der Waals surface area contributed by atoms with Crippen LogP contribution in [0.5, 0.6) is 5.75 Å². The van der Waals surface area contributed by atoms with Crippen LogP contribution < -0.4 is 4.74 Å². The first kappa shape index (κ1) is 17.5. The van der Waals surface area contributed by atoms with Crippen LogP contribution in [0.4, 0.5) is 8.78 Å². The van der Waals surface area contributed by atoms with Crippen molar-refractivity contribution >= 4 is 23.2 Å². The molecule has 3 rings (SSSR count). The van der Waals surface area contributed by atoms with Crippen molar-refractivity contribution in [3.8, 4) is 28.0 Å². The summed E-state index contributed by atoms with van der Waals surface area (Å²) in [6, 6.07) is 5.13. The van der Waals surface area contributed by atoms with Crippen molar-refractivity contribution < 1.29 is 13.5 Å². The van der Waals surface area contributed by atoms with Gasteiger partial charge in [0.1, 0.15) is 22.5 Å². The molecular formula is C17H11Cl2F2N3O. The summed E-state index contributed by atoms with van der Waals surface area (Å²) >= 11 is 12.1. The van der Waals surface area contributed by atoms with Crippen LogP contribution in [0, 0.1) is 18.6 Å². The summed E-state index contributed by atoms with van der Waals surface area (Å²) in [5.74, 6) is -1.59. The molecule has 0 unspecified atom stereocenters. The van der Waals surface area contributed by atoms with Gasteiger partial charge in [-0.05, 0) is 19.1 Å². The SMILES string of the molecule is COc1cc(F)cc(F)c1-c1c(Cl)nnc(C)c1-c1ccc(Cl)nc1. The van der Waals surface area contributed by atoms with E-state index in [2.05, 4.69) is 15.2 Å². The Morgan fingerprint density at radius 1 is 1.00 bits per heavy atom. The van der Waals surface area contributed by atoms with Crippen LogP contribution in [0.15, 0.2) is 30.5 Å². The Morgan fingerprint density at radius 3 is 2.40 bits per heavy atom. The van der Waals surface area contributed by atoms with Gasteiger partial charge in [-0.2, -0.15) is 5.10 Å². The van der Waals surface area contributed by atoms with Crippen LogP contribution in [0.25, 0.3) is 22.3 Å². The predicted molar refractivity (Wildman–Crippen MR) is 91.9 cm³/mol. The van der Waals surface area contributed by atoms with Gasteiger partial charge in [-0.25, -0.2) is 13.8 Å². The lowest BCUT2D eigenvalue weighted by atomic mass is 9.95. The predicted octanol–water partition coefficient (Wildman–Crippen LogP) is 5.11. The largest absolute Gasteiger partial charge is 0.496 e. The molecule has 3 aromatic rings. The zero-order valence-electron chi connectivity index (χ0n) is 13.1. The molecule has 0 N–H and O–H groups in total. The van der Waals surface area contributed by atoms with Gasteiger partial charge in [0.15, 0.2) is 5.15 Å². The topological polar surface area (TPSA) is 47.9 Å². The van der Waals surface area contributed by atoms with E-state index in [0.717, 1.165) is 12.1 Å². The van der Waals surface area contributed by atoms with Crippen molar-refractivity contribution in [2.45, 2.75) is 6.92 Å². The first-order chi connectivity index (χ1) is 11.9. The van der Waals surface area contributed by atoms with Gasteiger partial charge in [0.25, 0.3) is 0 Å². The molecule has 2 aromatic heterocycles. The third-order valence-corrected chi connectivity index (χ3v) is 4.10. The Hall–Kier alpha value is -2.31. The molecule has 0 amide bonds. The summed E-state index contributed by atoms with van der Waals surface area (Å²) in [5, 5.41) is 8.10. The van der Waals surface area contributed by atoms with E-state index in [9.17, 15) is 8.78 Å². The zero-order valence-corrected chi connectivity index (χ0v) is 14.7. The molecule has 0 spiro atoms. The number of nitrogens with zero attached hydrogens (tertiary/aromatic N) is 3. The molecule has 0 saturated carbocycles. The van der Waals surface area contributed by atoms with Crippen LogP contribution in [0.1, 0.15) is 5.69 Å². The van der Waals surface area contributed by atoms with Crippen molar-refractivity contribution in [2.75, 3.05) is 7.11 Å². The minimum atomic E-state index is -0.825. The van der Waals surface area contributed by atoms with E-state index in [1.165, 1.54) is 13.3 Å². The summed E-state index contributed by atoms with van der Waals surface area (Å²) in [7, 11) is 1.32. The van der Waals surface area contributed by atoms with Gasteiger partial charge < -0.3 is 4.74 Å². The summed E-state index contributed by atoms with van der Waals surface area (Å²) < 4.78 is 33.3. The molecule has 4 nitrogen and oxygen atoms in total. The molecule has 0 bridgehead atoms. The molecule has 25 heavy (non-hydrogen) atoms. The first-order valence-corrected chi connectivity index (χ1v) is 7.86. The Balaban J connectivity index is 2.38. The molecule has 8 heteroatoms. The number of halogens is 4. The average molecular weight is 382 g/mol. The Morgan fingerprint density at radius 2 is 1.76 bits per heavy atom. The maximum absolute atomic E-state index is 14.6. The molecular weight excluding hydrogens is 371 g/mol. The summed E-state index contributed by atoms with van der Waals surface area (Å²) in [4.78, 5) is 4.03. The van der Waals surface area contributed by atoms with E-state index in [0.29, 0.717) is 22.0 Å². The van der Waals surface area contributed by atoms with Crippen molar-refractivity contribution in [1.82, 2.24) is 15.2 Å². The fourth-order valence-electron chi connectivity index (χ4n) is 2.56. The number of ether oxygens (including phenoxy) is 1. The molecule has 2 heterocycles. The van der Waals surface area contributed by atoms with Crippen LogP contribution in [-0.2, 0) is 0 Å². The summed E-state index contributed by atoms with van der Waals surface area (Å²) in [6.45, 7) is 1.70. The molecule has 0 fully saturated rings. The minimum Gasteiger partial charge on any atom is -0.496 e. The van der Waals surface area contributed by atoms with Gasteiger partial charge in [0.2, 0.25) is 0 Å². The van der Waals surface area contributed by atoms with E-state index in [1.807, 2.05) is 0 Å². The molecule has 0 aliphatic heterocycles. The van der Waals surface area contributed by atoms with Crippen molar-refractivity contribution in [1.29, 1.82) is 0 Å². The number of methoxy groups -OCH3 is 1. The van der Waals surface area contributed by atoms with E-state index >= 15 is 0 Å². The smallest absolute Gasteiger partial charge is 0.160 e. The number of rotatable bonds is 3. The van der Waals surface area contributed by atoms with E-state index in [1.54, 1.807) is 19.1 Å². The third kappa shape index (κ3) is 3.27. The Labute approximate surface area is 152 Å². The van der Waals surface area contributed by atoms with Gasteiger partial charge in [-0.3, -0.25) is 0 Å². The zero-order chi connectivity index (χ0) is 18.1. The second-order valence-electron chi connectivity index (χ2n) is 5.16. The number of hydrogen-bond acceptors (Lipinski definition) is 4.